The molecule has 29 heavy (non-hydrogen) atoms. The van der Waals surface area contributed by atoms with Gasteiger partial charge in [-0.25, -0.2) is 8.42 Å². The van der Waals surface area contributed by atoms with E-state index in [2.05, 4.69) is 10.5 Å². The van der Waals surface area contributed by atoms with Crippen molar-refractivity contribution < 1.29 is 22.8 Å². The van der Waals surface area contributed by atoms with Crippen LogP contribution in [0, 0.1) is 10.1 Å². The van der Waals surface area contributed by atoms with Crippen molar-refractivity contribution in [3.05, 3.63) is 58.1 Å². The zero-order chi connectivity index (χ0) is 20.9. The molecule has 0 aromatic heterocycles. The number of nitro benzene ring substituents is 1. The lowest BCUT2D eigenvalue weighted by Gasteiger charge is -2.26. The van der Waals surface area contributed by atoms with Crippen LogP contribution in [0.3, 0.4) is 0 Å². The van der Waals surface area contributed by atoms with Gasteiger partial charge in [0.2, 0.25) is 10.0 Å². The monoisotopic (exact) mass is 420 g/mol. The first-order valence-corrected chi connectivity index (χ1v) is 10.2. The van der Waals surface area contributed by atoms with E-state index in [4.69, 9.17) is 9.47 Å². The van der Waals surface area contributed by atoms with Crippen molar-refractivity contribution in [2.45, 2.75) is 4.90 Å². The Morgan fingerprint density at radius 1 is 1.24 bits per heavy atom. The Morgan fingerprint density at radius 3 is 2.69 bits per heavy atom. The number of anilines is 1. The van der Waals surface area contributed by atoms with E-state index in [1.54, 1.807) is 31.4 Å². The van der Waals surface area contributed by atoms with Gasteiger partial charge in [0.25, 0.3) is 5.69 Å². The molecule has 2 aromatic carbocycles. The standard InChI is InChI=1S/C18H20N4O6S/c1-27-15-4-2-3-14(11-15)13-19-20-17-6-5-16(12-18(17)22(23)24)29(25,26)21-7-9-28-10-8-21/h2-6,11-13,20H,7-10H2,1H3/b19-13-. The summed E-state index contributed by atoms with van der Waals surface area (Å²) >= 11 is 0. The van der Waals surface area contributed by atoms with Crippen LogP contribution in [-0.2, 0) is 14.8 Å². The van der Waals surface area contributed by atoms with Gasteiger partial charge in [0.15, 0.2) is 0 Å². The third kappa shape index (κ3) is 4.88. The second-order valence-electron chi connectivity index (χ2n) is 6.10. The first kappa shape index (κ1) is 20.7. The largest absolute Gasteiger partial charge is 0.497 e. The molecular formula is C18H20N4O6S. The van der Waals surface area contributed by atoms with E-state index in [-0.39, 0.29) is 29.4 Å². The average molecular weight is 420 g/mol. The Hall–Kier alpha value is -3.02. The molecule has 1 aliphatic rings. The summed E-state index contributed by atoms with van der Waals surface area (Å²) in [6, 6.07) is 10.8. The van der Waals surface area contributed by atoms with Gasteiger partial charge in [0.05, 0.1) is 36.4 Å². The van der Waals surface area contributed by atoms with Gasteiger partial charge in [-0.2, -0.15) is 9.41 Å². The van der Waals surface area contributed by atoms with Crippen molar-refractivity contribution in [2.75, 3.05) is 38.8 Å². The van der Waals surface area contributed by atoms with E-state index < -0.39 is 14.9 Å². The molecule has 3 rings (SSSR count). The fourth-order valence-electron chi connectivity index (χ4n) is 2.75. The van der Waals surface area contributed by atoms with E-state index in [9.17, 15) is 18.5 Å². The van der Waals surface area contributed by atoms with Crippen molar-refractivity contribution in [1.82, 2.24) is 4.31 Å². The van der Waals surface area contributed by atoms with Crippen LogP contribution in [0.1, 0.15) is 5.56 Å². The molecular weight excluding hydrogens is 400 g/mol. The number of rotatable bonds is 7. The number of nitrogens with one attached hydrogen (secondary N) is 1. The van der Waals surface area contributed by atoms with Crippen molar-refractivity contribution >= 4 is 27.6 Å². The van der Waals surface area contributed by atoms with Crippen molar-refractivity contribution in [1.29, 1.82) is 0 Å². The minimum atomic E-state index is -3.84. The van der Waals surface area contributed by atoms with Crippen LogP contribution in [0.15, 0.2) is 52.5 Å². The van der Waals surface area contributed by atoms with Crippen LogP contribution in [-0.4, -0.2) is 57.3 Å². The molecule has 1 aliphatic heterocycles. The van der Waals surface area contributed by atoms with Crippen LogP contribution in [0.2, 0.25) is 0 Å². The summed E-state index contributed by atoms with van der Waals surface area (Å²) in [7, 11) is -2.29. The first-order valence-electron chi connectivity index (χ1n) is 8.71. The van der Waals surface area contributed by atoms with Crippen LogP contribution in [0.5, 0.6) is 5.75 Å². The molecule has 0 saturated carbocycles. The van der Waals surface area contributed by atoms with Crippen molar-refractivity contribution in [2.24, 2.45) is 5.10 Å². The Bertz CT molecular complexity index is 1020. The van der Waals surface area contributed by atoms with Crippen LogP contribution < -0.4 is 10.2 Å². The fourth-order valence-corrected chi connectivity index (χ4v) is 4.18. The van der Waals surface area contributed by atoms with E-state index in [1.807, 2.05) is 0 Å². The molecule has 1 fully saturated rings. The van der Waals surface area contributed by atoms with Crippen LogP contribution >= 0.6 is 0 Å². The second-order valence-corrected chi connectivity index (χ2v) is 8.04. The summed E-state index contributed by atoms with van der Waals surface area (Å²) in [5.74, 6) is 0.651. The zero-order valence-corrected chi connectivity index (χ0v) is 16.5. The van der Waals surface area contributed by atoms with Gasteiger partial charge in [0.1, 0.15) is 11.4 Å². The molecule has 1 saturated heterocycles. The van der Waals surface area contributed by atoms with Gasteiger partial charge in [-0.15, -0.1) is 0 Å². The molecule has 0 bridgehead atoms. The smallest absolute Gasteiger partial charge is 0.295 e. The van der Waals surface area contributed by atoms with Crippen LogP contribution in [0.4, 0.5) is 11.4 Å². The number of benzene rings is 2. The zero-order valence-electron chi connectivity index (χ0n) is 15.6. The third-order valence-corrected chi connectivity index (χ3v) is 6.16. The summed E-state index contributed by atoms with van der Waals surface area (Å²) < 4.78 is 37.0. The molecule has 0 unspecified atom stereocenters. The summed E-state index contributed by atoms with van der Waals surface area (Å²) in [5.41, 5.74) is 3.02. The molecule has 154 valence electrons. The number of nitro groups is 1. The minimum absolute atomic E-state index is 0.0788. The molecule has 10 nitrogen and oxygen atoms in total. The minimum Gasteiger partial charge on any atom is -0.497 e. The summed E-state index contributed by atoms with van der Waals surface area (Å²) in [6.45, 7) is 1.00. The molecule has 1 N–H and O–H groups in total. The van der Waals surface area contributed by atoms with Crippen LogP contribution in [0.25, 0.3) is 0 Å². The average Bonchev–Trinajstić information content (AvgIpc) is 2.74. The first-order chi connectivity index (χ1) is 13.9. The quantitative estimate of drug-likeness (QED) is 0.413. The lowest BCUT2D eigenvalue weighted by molar-refractivity contribution is -0.384. The summed E-state index contributed by atoms with van der Waals surface area (Å²) in [4.78, 5) is 10.7. The maximum absolute atomic E-state index is 12.7. The summed E-state index contributed by atoms with van der Waals surface area (Å²) in [5, 5.41) is 15.5. The Kier molecular flexibility index (Phi) is 6.42. The molecule has 1 heterocycles. The predicted octanol–water partition coefficient (Wildman–Crippen LogP) is 2.07. The van der Waals surface area contributed by atoms with Crippen molar-refractivity contribution in [3.8, 4) is 5.75 Å². The topological polar surface area (TPSA) is 123 Å². The lowest BCUT2D eigenvalue weighted by atomic mass is 10.2. The maximum Gasteiger partial charge on any atom is 0.295 e. The predicted molar refractivity (Wildman–Crippen MR) is 107 cm³/mol. The SMILES string of the molecule is COc1cccc(/C=N\Nc2ccc(S(=O)(=O)N3CCOCC3)cc2[N+](=O)[O-])c1. The van der Waals surface area contributed by atoms with Gasteiger partial charge in [0, 0.05) is 19.2 Å². The molecule has 0 spiro atoms. The number of sulfonamides is 1. The van der Waals surface area contributed by atoms with E-state index in [0.717, 1.165) is 11.6 Å². The Labute approximate surface area is 167 Å². The van der Waals surface area contributed by atoms with E-state index >= 15 is 0 Å². The van der Waals surface area contributed by atoms with Gasteiger partial charge < -0.3 is 9.47 Å². The molecule has 0 radical (unpaired) electrons. The van der Waals surface area contributed by atoms with E-state index in [0.29, 0.717) is 19.0 Å². The normalized spacial score (nSPS) is 15.3. The van der Waals surface area contributed by atoms with E-state index in [1.165, 1.54) is 22.7 Å². The second kappa shape index (κ2) is 8.99. The van der Waals surface area contributed by atoms with Gasteiger partial charge >= 0.3 is 0 Å². The molecule has 0 amide bonds. The molecule has 2 aromatic rings. The summed E-state index contributed by atoms with van der Waals surface area (Å²) in [6.07, 6.45) is 1.48. The highest BCUT2D eigenvalue weighted by atomic mass is 32.2. The molecule has 11 heteroatoms. The number of hydrazone groups is 1. The Morgan fingerprint density at radius 2 is 2.00 bits per heavy atom. The molecule has 0 aliphatic carbocycles. The number of ether oxygens (including phenoxy) is 2. The number of methoxy groups -OCH3 is 1. The number of morpholine rings is 1. The highest BCUT2D eigenvalue weighted by Gasteiger charge is 2.28. The number of nitrogens with zero attached hydrogens (tertiary/aromatic N) is 3. The fraction of sp³-hybridized carbons (Fsp3) is 0.278. The van der Waals surface area contributed by atoms with Gasteiger partial charge in [-0.1, -0.05) is 12.1 Å². The third-order valence-electron chi connectivity index (χ3n) is 4.27. The van der Waals surface area contributed by atoms with Gasteiger partial charge in [-0.3, -0.25) is 15.5 Å². The lowest BCUT2D eigenvalue weighted by Crippen LogP contribution is -2.40. The van der Waals surface area contributed by atoms with Gasteiger partial charge in [-0.05, 0) is 29.8 Å². The van der Waals surface area contributed by atoms with Crippen molar-refractivity contribution in [3.63, 3.8) is 0 Å². The number of hydrogen-bond acceptors (Lipinski definition) is 8. The Balaban J connectivity index is 1.82. The highest BCUT2D eigenvalue weighted by Crippen LogP contribution is 2.29. The highest BCUT2D eigenvalue weighted by molar-refractivity contribution is 7.89. The number of hydrogen-bond donors (Lipinski definition) is 1. The maximum atomic E-state index is 12.7. The molecule has 0 atom stereocenters.